The molecule has 0 unspecified atom stereocenters. The molecule has 0 bridgehead atoms. The van der Waals surface area contributed by atoms with Crippen molar-refractivity contribution in [3.63, 3.8) is 0 Å². The molecule has 0 fully saturated rings. The summed E-state index contributed by atoms with van der Waals surface area (Å²) >= 11 is 0. The van der Waals surface area contributed by atoms with Crippen LogP contribution in [-0.2, 0) is 11.3 Å². The van der Waals surface area contributed by atoms with Crippen LogP contribution in [0.2, 0.25) is 0 Å². The number of ketones is 1. The minimum atomic E-state index is -0.640. The maximum atomic E-state index is 13.4. The Bertz CT molecular complexity index is 710. The van der Waals surface area contributed by atoms with Crippen LogP contribution in [0.25, 0.3) is 0 Å². The quantitative estimate of drug-likeness (QED) is 0.786. The van der Waals surface area contributed by atoms with E-state index in [1.807, 2.05) is 30.3 Å². The number of fused-ring (bicyclic) bond motifs is 1. The van der Waals surface area contributed by atoms with Crippen LogP contribution in [0, 0.1) is 12.7 Å². The molecule has 0 saturated carbocycles. The zero-order chi connectivity index (χ0) is 14.3. The predicted molar refractivity (Wildman–Crippen MR) is 73.1 cm³/mol. The van der Waals surface area contributed by atoms with Crippen LogP contribution in [0.4, 0.5) is 10.1 Å². The molecule has 1 amide bonds. The van der Waals surface area contributed by atoms with Crippen molar-refractivity contribution in [3.8, 4) is 0 Å². The molecule has 100 valence electrons. The molecule has 1 heterocycles. The van der Waals surface area contributed by atoms with Gasteiger partial charge in [0, 0.05) is 0 Å². The Hall–Kier alpha value is -2.49. The molecule has 1 aliphatic rings. The molecular formula is C16H12FNO2. The first-order chi connectivity index (χ1) is 9.58. The minimum absolute atomic E-state index is 0.156. The summed E-state index contributed by atoms with van der Waals surface area (Å²) in [5.41, 5.74) is 2.19. The fourth-order valence-electron chi connectivity index (χ4n) is 2.52. The summed E-state index contributed by atoms with van der Waals surface area (Å²) < 4.78 is 13.4. The number of Topliss-reactive ketones (excluding diaryl/α,β-unsaturated/α-hetero) is 1. The van der Waals surface area contributed by atoms with Crippen molar-refractivity contribution in [1.29, 1.82) is 0 Å². The number of rotatable bonds is 2. The van der Waals surface area contributed by atoms with E-state index in [0.717, 1.165) is 11.6 Å². The summed E-state index contributed by atoms with van der Waals surface area (Å²) in [6.07, 6.45) is 0. The average molecular weight is 269 g/mol. The highest BCUT2D eigenvalue weighted by molar-refractivity contribution is 6.52. The average Bonchev–Trinajstić information content (AvgIpc) is 2.65. The first-order valence-electron chi connectivity index (χ1n) is 6.28. The lowest BCUT2D eigenvalue weighted by molar-refractivity contribution is -0.114. The van der Waals surface area contributed by atoms with Gasteiger partial charge in [0.25, 0.3) is 11.7 Å². The van der Waals surface area contributed by atoms with Crippen LogP contribution in [-0.4, -0.2) is 11.7 Å². The molecular weight excluding hydrogens is 257 g/mol. The molecule has 0 aromatic heterocycles. The van der Waals surface area contributed by atoms with Crippen molar-refractivity contribution in [3.05, 3.63) is 65.0 Å². The molecule has 0 aliphatic carbocycles. The van der Waals surface area contributed by atoms with Crippen LogP contribution in [0.1, 0.15) is 21.5 Å². The fourth-order valence-corrected chi connectivity index (χ4v) is 2.52. The maximum absolute atomic E-state index is 13.4. The topological polar surface area (TPSA) is 37.4 Å². The largest absolute Gasteiger partial charge is 0.300 e. The molecule has 0 saturated heterocycles. The number of hydrogen-bond donors (Lipinski definition) is 0. The van der Waals surface area contributed by atoms with E-state index in [1.54, 1.807) is 6.92 Å². The lowest BCUT2D eigenvalue weighted by Gasteiger charge is -2.18. The summed E-state index contributed by atoms with van der Waals surface area (Å²) in [6.45, 7) is 2.01. The number of carbonyl (C=O) groups is 2. The molecule has 2 aromatic carbocycles. The SMILES string of the molecule is Cc1cc(F)cc2c1N(Cc1ccccc1)C(=O)C2=O. The summed E-state index contributed by atoms with van der Waals surface area (Å²) in [7, 11) is 0. The Morgan fingerprint density at radius 1 is 1.10 bits per heavy atom. The Morgan fingerprint density at radius 2 is 1.80 bits per heavy atom. The number of aryl methyl sites for hydroxylation is 1. The van der Waals surface area contributed by atoms with E-state index in [0.29, 0.717) is 17.8 Å². The molecule has 0 N–H and O–H groups in total. The summed E-state index contributed by atoms with van der Waals surface area (Å²) in [4.78, 5) is 25.4. The third kappa shape index (κ3) is 1.90. The first-order valence-corrected chi connectivity index (χ1v) is 6.28. The zero-order valence-corrected chi connectivity index (χ0v) is 10.9. The third-order valence-corrected chi connectivity index (χ3v) is 3.40. The molecule has 0 spiro atoms. The van der Waals surface area contributed by atoms with Gasteiger partial charge in [-0.1, -0.05) is 30.3 Å². The monoisotopic (exact) mass is 269 g/mol. The standard InChI is InChI=1S/C16H12FNO2/c1-10-7-12(17)8-13-14(10)18(16(20)15(13)19)9-11-5-3-2-4-6-11/h2-8H,9H2,1H3. The van der Waals surface area contributed by atoms with E-state index in [9.17, 15) is 14.0 Å². The number of anilines is 1. The van der Waals surface area contributed by atoms with Gasteiger partial charge in [-0.25, -0.2) is 4.39 Å². The highest BCUT2D eigenvalue weighted by Crippen LogP contribution is 2.34. The second-order valence-electron chi connectivity index (χ2n) is 4.82. The van der Waals surface area contributed by atoms with Gasteiger partial charge in [-0.2, -0.15) is 0 Å². The van der Waals surface area contributed by atoms with E-state index in [4.69, 9.17) is 0 Å². The summed E-state index contributed by atoms with van der Waals surface area (Å²) in [5, 5.41) is 0. The van der Waals surface area contributed by atoms with Gasteiger partial charge in [0.05, 0.1) is 17.8 Å². The Kier molecular flexibility index (Phi) is 2.86. The van der Waals surface area contributed by atoms with Crippen LogP contribution >= 0.6 is 0 Å². The number of carbonyl (C=O) groups excluding carboxylic acids is 2. The minimum Gasteiger partial charge on any atom is -0.300 e. The fraction of sp³-hybridized carbons (Fsp3) is 0.125. The van der Waals surface area contributed by atoms with Crippen LogP contribution in [0.15, 0.2) is 42.5 Å². The van der Waals surface area contributed by atoms with Gasteiger partial charge in [-0.15, -0.1) is 0 Å². The predicted octanol–water partition coefficient (Wildman–Crippen LogP) is 2.86. The molecule has 0 atom stereocenters. The Labute approximate surface area is 115 Å². The van der Waals surface area contributed by atoms with E-state index in [-0.39, 0.29) is 5.56 Å². The molecule has 20 heavy (non-hydrogen) atoms. The lowest BCUT2D eigenvalue weighted by atomic mass is 10.1. The molecule has 0 radical (unpaired) electrons. The first kappa shape index (κ1) is 12.5. The van der Waals surface area contributed by atoms with Gasteiger partial charge < -0.3 is 4.90 Å². The third-order valence-electron chi connectivity index (χ3n) is 3.40. The van der Waals surface area contributed by atoms with Crippen molar-refractivity contribution in [2.45, 2.75) is 13.5 Å². The van der Waals surface area contributed by atoms with Gasteiger partial charge in [-0.05, 0) is 30.2 Å². The van der Waals surface area contributed by atoms with Crippen molar-refractivity contribution in [2.75, 3.05) is 4.90 Å². The van der Waals surface area contributed by atoms with Crippen molar-refractivity contribution in [1.82, 2.24) is 0 Å². The van der Waals surface area contributed by atoms with Crippen molar-refractivity contribution in [2.24, 2.45) is 0 Å². The van der Waals surface area contributed by atoms with Gasteiger partial charge in [0.2, 0.25) is 0 Å². The summed E-state index contributed by atoms with van der Waals surface area (Å²) in [6, 6.07) is 11.9. The van der Waals surface area contributed by atoms with Gasteiger partial charge in [0.15, 0.2) is 0 Å². The number of halogens is 1. The number of amides is 1. The normalized spacial score (nSPS) is 13.8. The summed E-state index contributed by atoms with van der Waals surface area (Å²) in [5.74, 6) is -1.74. The van der Waals surface area contributed by atoms with Crippen LogP contribution in [0.5, 0.6) is 0 Å². The molecule has 2 aromatic rings. The van der Waals surface area contributed by atoms with Crippen LogP contribution in [0.3, 0.4) is 0 Å². The smallest absolute Gasteiger partial charge is 0.299 e. The second kappa shape index (κ2) is 4.56. The number of hydrogen-bond acceptors (Lipinski definition) is 2. The molecule has 3 nitrogen and oxygen atoms in total. The van der Waals surface area contributed by atoms with E-state index >= 15 is 0 Å². The second-order valence-corrected chi connectivity index (χ2v) is 4.82. The molecule has 1 aliphatic heterocycles. The van der Waals surface area contributed by atoms with Crippen molar-refractivity contribution < 1.29 is 14.0 Å². The Balaban J connectivity index is 2.07. The van der Waals surface area contributed by atoms with Gasteiger partial charge in [0.1, 0.15) is 5.82 Å². The van der Waals surface area contributed by atoms with Crippen molar-refractivity contribution >= 4 is 17.4 Å². The Morgan fingerprint density at radius 3 is 2.50 bits per heavy atom. The highest BCUT2D eigenvalue weighted by atomic mass is 19.1. The van der Waals surface area contributed by atoms with E-state index < -0.39 is 17.5 Å². The lowest BCUT2D eigenvalue weighted by Crippen LogP contribution is -2.29. The highest BCUT2D eigenvalue weighted by Gasteiger charge is 2.37. The van der Waals surface area contributed by atoms with E-state index in [1.165, 1.54) is 11.0 Å². The number of benzene rings is 2. The maximum Gasteiger partial charge on any atom is 0.299 e. The number of nitrogens with zero attached hydrogens (tertiary/aromatic N) is 1. The molecule has 3 rings (SSSR count). The molecule has 4 heteroatoms. The van der Waals surface area contributed by atoms with Gasteiger partial charge >= 0.3 is 0 Å². The zero-order valence-electron chi connectivity index (χ0n) is 10.9. The van der Waals surface area contributed by atoms with Gasteiger partial charge in [-0.3, -0.25) is 9.59 Å². The van der Waals surface area contributed by atoms with E-state index in [2.05, 4.69) is 0 Å². The van der Waals surface area contributed by atoms with Crippen LogP contribution < -0.4 is 4.90 Å².